The van der Waals surface area contributed by atoms with Crippen molar-refractivity contribution in [1.82, 2.24) is 10.0 Å². The van der Waals surface area contributed by atoms with E-state index in [9.17, 15) is 22.6 Å². The van der Waals surface area contributed by atoms with Gasteiger partial charge in [0.15, 0.2) is 8.64 Å². The minimum Gasteiger partial charge on any atom is -0.282 e. The molecule has 9 nitrogen and oxygen atoms in total. The summed E-state index contributed by atoms with van der Waals surface area (Å²) >= 11 is 12.0. The second-order valence-corrected chi connectivity index (χ2v) is 9.60. The lowest BCUT2D eigenvalue weighted by Gasteiger charge is -2.12. The Labute approximate surface area is 166 Å². The van der Waals surface area contributed by atoms with Gasteiger partial charge in [0.1, 0.15) is 5.25 Å². The van der Waals surface area contributed by atoms with Crippen LogP contribution in [0.3, 0.4) is 0 Å². The van der Waals surface area contributed by atoms with E-state index < -0.39 is 21.3 Å². The van der Waals surface area contributed by atoms with Crippen molar-refractivity contribution in [3.05, 3.63) is 29.8 Å². The first-order valence-corrected chi connectivity index (χ1v) is 10.8. The summed E-state index contributed by atoms with van der Waals surface area (Å²) in [6.45, 7) is 0. The molecule has 2 aliphatic rings. The number of thioether (sulfide) groups is 2. The zero-order valence-electron chi connectivity index (χ0n) is 12.5. The van der Waals surface area contributed by atoms with Crippen molar-refractivity contribution in [2.75, 3.05) is 5.75 Å². The molecule has 0 aliphatic carbocycles. The van der Waals surface area contributed by atoms with E-state index in [2.05, 4.69) is 10.4 Å². The minimum atomic E-state index is -4.52. The van der Waals surface area contributed by atoms with Gasteiger partial charge in [0, 0.05) is 0 Å². The van der Waals surface area contributed by atoms with Crippen LogP contribution in [0.4, 0.5) is 0 Å². The normalized spacial score (nSPS) is 21.5. The summed E-state index contributed by atoms with van der Waals surface area (Å²) in [6, 6.07) is 5.54. The smallest absolute Gasteiger partial charge is 0.282 e. The van der Waals surface area contributed by atoms with Gasteiger partial charge in [-0.1, -0.05) is 66.2 Å². The van der Waals surface area contributed by atoms with E-state index >= 15 is 0 Å². The van der Waals surface area contributed by atoms with E-state index in [4.69, 9.17) is 24.4 Å². The molecular formula is C12H8N4O5S5. The first kappa shape index (κ1) is 19.3. The summed E-state index contributed by atoms with van der Waals surface area (Å²) in [5, 5.41) is 7.99. The van der Waals surface area contributed by atoms with Crippen molar-refractivity contribution in [3.8, 4) is 0 Å². The van der Waals surface area contributed by atoms with Gasteiger partial charge in [-0.3, -0.25) is 14.1 Å². The highest BCUT2D eigenvalue weighted by molar-refractivity contribution is 8.24. The summed E-state index contributed by atoms with van der Waals surface area (Å²) < 4.78 is 32.7. The summed E-state index contributed by atoms with van der Waals surface area (Å²) in [7, 11) is -4.52. The number of carbonyl (C=O) groups is 2. The fourth-order valence-corrected chi connectivity index (χ4v) is 5.26. The van der Waals surface area contributed by atoms with E-state index in [1.165, 1.54) is 24.3 Å². The number of hydrogen-bond acceptors (Lipinski definition) is 10. The third kappa shape index (κ3) is 3.65. The molecule has 1 N–H and O–H groups in total. The van der Waals surface area contributed by atoms with Gasteiger partial charge >= 0.3 is 0 Å². The Hall–Kier alpha value is -1.45. The molecule has 0 radical (unpaired) electrons. The number of amides is 2. The van der Waals surface area contributed by atoms with Crippen LogP contribution in [0.5, 0.6) is 0 Å². The van der Waals surface area contributed by atoms with Gasteiger partial charge in [0.2, 0.25) is 0 Å². The van der Waals surface area contributed by atoms with Crippen molar-refractivity contribution in [2.45, 2.75) is 10.1 Å². The number of thiocarbonyl (C=S) groups is 2. The largest absolute Gasteiger partial charge is 0.294 e. The molecule has 2 fully saturated rings. The molecule has 26 heavy (non-hydrogen) atoms. The van der Waals surface area contributed by atoms with Crippen molar-refractivity contribution in [2.24, 2.45) is 10.4 Å². The molecule has 2 heterocycles. The van der Waals surface area contributed by atoms with Crippen molar-refractivity contribution < 1.29 is 22.6 Å². The average Bonchev–Trinajstić information content (AvgIpc) is 3.04. The highest BCUT2D eigenvalue weighted by Gasteiger charge is 2.41. The van der Waals surface area contributed by atoms with Gasteiger partial charge in [0.05, 0.1) is 10.6 Å². The van der Waals surface area contributed by atoms with E-state index in [-0.39, 0.29) is 30.8 Å². The predicted molar refractivity (Wildman–Crippen MR) is 103 cm³/mol. The molecule has 2 aliphatic heterocycles. The van der Waals surface area contributed by atoms with Gasteiger partial charge < -0.3 is 0 Å². The van der Waals surface area contributed by atoms with Gasteiger partial charge in [0.25, 0.3) is 21.9 Å². The molecule has 0 aromatic heterocycles. The molecule has 1 aromatic carbocycles. The molecule has 1 atom stereocenters. The third-order valence-electron chi connectivity index (χ3n) is 3.25. The predicted octanol–water partition coefficient (Wildman–Crippen LogP) is 1.98. The third-order valence-corrected chi connectivity index (χ3v) is 7.04. The summed E-state index contributed by atoms with van der Waals surface area (Å²) in [4.78, 5) is 23.8. The van der Waals surface area contributed by atoms with Crippen LogP contribution in [0.1, 0.15) is 10.8 Å². The Balaban J connectivity index is 1.89. The highest BCUT2D eigenvalue weighted by Crippen LogP contribution is 2.42. The summed E-state index contributed by atoms with van der Waals surface area (Å²) in [5.41, 5.74) is 0.0772. The number of hydrogen-bond donors (Lipinski definition) is 1. The van der Waals surface area contributed by atoms with Crippen LogP contribution in [-0.4, -0.2) is 49.2 Å². The number of nitrogens with zero attached hydrogens (tertiary/aromatic N) is 4. The fraction of sp³-hybridized carbons (Fsp3) is 0.167. The Morgan fingerprint density at radius 1 is 1.12 bits per heavy atom. The van der Waals surface area contributed by atoms with E-state index in [1.807, 2.05) is 0 Å². The summed E-state index contributed by atoms with van der Waals surface area (Å²) in [5.74, 6) is -0.887. The Morgan fingerprint density at radius 3 is 2.38 bits per heavy atom. The number of rotatable bonds is 4. The van der Waals surface area contributed by atoms with Crippen LogP contribution in [-0.2, 0) is 19.7 Å². The molecule has 1 aromatic rings. The Bertz CT molecular complexity index is 947. The second-order valence-electron chi connectivity index (χ2n) is 4.87. The van der Waals surface area contributed by atoms with E-state index in [0.717, 1.165) is 33.5 Å². The number of benzene rings is 1. The van der Waals surface area contributed by atoms with Crippen LogP contribution in [0, 0.1) is 0 Å². The van der Waals surface area contributed by atoms with Crippen LogP contribution < -0.4 is 0 Å². The molecular weight excluding hydrogens is 440 g/mol. The fourth-order valence-electron chi connectivity index (χ4n) is 2.13. The average molecular weight is 449 g/mol. The highest BCUT2D eigenvalue weighted by atomic mass is 32.2. The lowest BCUT2D eigenvalue weighted by molar-refractivity contribution is -0.128. The Morgan fingerprint density at radius 2 is 1.77 bits per heavy atom. The van der Waals surface area contributed by atoms with Crippen LogP contribution >= 0.6 is 48.0 Å². The molecule has 2 saturated heterocycles. The van der Waals surface area contributed by atoms with Crippen LogP contribution in [0.2, 0.25) is 0 Å². The molecule has 14 heteroatoms. The maximum atomic E-state index is 12.6. The van der Waals surface area contributed by atoms with Gasteiger partial charge in [-0.25, -0.2) is 0 Å². The molecule has 136 valence electrons. The first-order chi connectivity index (χ1) is 12.2. The molecule has 1 unspecified atom stereocenters. The molecule has 0 spiro atoms. The van der Waals surface area contributed by atoms with Crippen LogP contribution in [0.25, 0.3) is 0 Å². The lowest BCUT2D eigenvalue weighted by Crippen LogP contribution is -2.27. The molecule has 2 amide bonds. The van der Waals surface area contributed by atoms with Gasteiger partial charge in [-0.05, 0) is 22.1 Å². The maximum Gasteiger partial charge on any atom is 0.294 e. The molecule has 0 bridgehead atoms. The maximum absolute atomic E-state index is 12.6. The molecule has 0 saturated carbocycles. The van der Waals surface area contributed by atoms with Crippen LogP contribution in [0.15, 0.2) is 39.6 Å². The van der Waals surface area contributed by atoms with Crippen molar-refractivity contribution >= 4 is 78.5 Å². The zero-order chi connectivity index (χ0) is 19.1. The SMILES string of the molecule is O=C1CSC(=S)N1N=NN1C(=O)C(c2ccccc2S(=O)(=O)O)SC1=S. The second kappa shape index (κ2) is 7.28. The lowest BCUT2D eigenvalue weighted by atomic mass is 10.1. The number of carbonyl (C=O) groups excluding carboxylic acids is 2. The molecule has 3 rings (SSSR count). The summed E-state index contributed by atoms with van der Waals surface area (Å²) in [6.07, 6.45) is 0. The topological polar surface area (TPSA) is 120 Å². The first-order valence-electron chi connectivity index (χ1n) is 6.72. The quantitative estimate of drug-likeness (QED) is 0.419. The monoisotopic (exact) mass is 448 g/mol. The zero-order valence-corrected chi connectivity index (χ0v) is 16.6. The van der Waals surface area contributed by atoms with Gasteiger partial charge in [-0.15, -0.1) is 0 Å². The van der Waals surface area contributed by atoms with Gasteiger partial charge in [-0.2, -0.15) is 18.4 Å². The van der Waals surface area contributed by atoms with Crippen molar-refractivity contribution in [3.63, 3.8) is 0 Å². The van der Waals surface area contributed by atoms with E-state index in [0.29, 0.717) is 0 Å². The minimum absolute atomic E-state index is 0.0270. The Kier molecular flexibility index (Phi) is 5.41. The standard InChI is InChI=1S/C12H8N4O5S5/c17-8-5-24-11(22)15(8)13-14-16-10(18)9(25-12(16)23)6-3-1-2-4-7(6)26(19,20)21/h1-4,9H,5H2,(H,19,20,21). The van der Waals surface area contributed by atoms with E-state index in [1.54, 1.807) is 0 Å². The van der Waals surface area contributed by atoms with Crippen molar-refractivity contribution in [1.29, 1.82) is 0 Å².